The monoisotopic (exact) mass is 757 g/mol. The summed E-state index contributed by atoms with van der Waals surface area (Å²) in [5.41, 5.74) is -2.93. The number of carbonyl (C=O) groups excluding carboxylic acids is 5. The molecule has 0 fully saturated rings. The summed E-state index contributed by atoms with van der Waals surface area (Å²) in [4.78, 5) is 64.7. The van der Waals surface area contributed by atoms with Crippen LogP contribution in [-0.2, 0) is 44.6 Å². The fourth-order valence-electron chi connectivity index (χ4n) is 5.50. The Morgan fingerprint density at radius 3 is 2.13 bits per heavy atom. The number of hydrogen-bond donors (Lipinski definition) is 3. The number of rotatable bonds is 27. The number of amides is 1. The van der Waals surface area contributed by atoms with Crippen LogP contribution in [0.2, 0.25) is 0 Å². The quantitative estimate of drug-likeness (QED) is 0.0329. The van der Waals surface area contributed by atoms with Crippen molar-refractivity contribution >= 4 is 29.6 Å². The van der Waals surface area contributed by atoms with Gasteiger partial charge in [0.2, 0.25) is 5.91 Å². The van der Waals surface area contributed by atoms with E-state index in [1.54, 1.807) is 58.0 Å². The molecule has 1 amide bonds. The first-order valence-electron chi connectivity index (χ1n) is 19.1. The Morgan fingerprint density at radius 2 is 1.56 bits per heavy atom. The molecule has 0 unspecified atom stereocenters. The Hall–Kier alpha value is -4.21. The zero-order chi connectivity index (χ0) is 40.4. The fourth-order valence-corrected chi connectivity index (χ4v) is 5.50. The van der Waals surface area contributed by atoms with E-state index < -0.39 is 66.6 Å². The maximum Gasteiger partial charge on any atom is 0.344 e. The van der Waals surface area contributed by atoms with Gasteiger partial charge in [-0.2, -0.15) is 0 Å². The summed E-state index contributed by atoms with van der Waals surface area (Å²) >= 11 is 0. The molecule has 12 heteroatoms. The Morgan fingerprint density at radius 1 is 0.926 bits per heavy atom. The lowest BCUT2D eigenvalue weighted by atomic mass is 9.82. The maximum atomic E-state index is 14.1. The van der Waals surface area contributed by atoms with Crippen molar-refractivity contribution < 1.29 is 53.1 Å². The van der Waals surface area contributed by atoms with E-state index in [-0.39, 0.29) is 13.0 Å². The highest BCUT2D eigenvalue weighted by Gasteiger charge is 2.49. The predicted octanol–water partition coefficient (Wildman–Crippen LogP) is 5.73. The smallest absolute Gasteiger partial charge is 0.344 e. The molecule has 1 aromatic rings. The minimum absolute atomic E-state index is 0.0799. The first-order valence-corrected chi connectivity index (χ1v) is 19.1. The van der Waals surface area contributed by atoms with Crippen molar-refractivity contribution in [3.05, 3.63) is 42.0 Å². The van der Waals surface area contributed by atoms with Crippen LogP contribution in [-0.4, -0.2) is 84.0 Å². The average Bonchev–Trinajstić information content (AvgIpc) is 3.12. The first-order chi connectivity index (χ1) is 25.7. The zero-order valence-corrected chi connectivity index (χ0v) is 33.2. The number of hydrogen-bond acceptors (Lipinski definition) is 11. The van der Waals surface area contributed by atoms with Gasteiger partial charge in [0.05, 0.1) is 13.0 Å². The molecule has 302 valence electrons. The molecule has 0 saturated heterocycles. The van der Waals surface area contributed by atoms with Gasteiger partial charge in [0.15, 0.2) is 12.2 Å². The van der Waals surface area contributed by atoms with Crippen molar-refractivity contribution in [2.24, 2.45) is 5.92 Å². The maximum absolute atomic E-state index is 14.1. The molecule has 1 aromatic carbocycles. The molecule has 3 atom stereocenters. The summed E-state index contributed by atoms with van der Waals surface area (Å²) in [6, 6.07) is 5.37. The van der Waals surface area contributed by atoms with E-state index >= 15 is 0 Å². The standard InChI is InChI=1S/C42H63NO11/c1-7-9-11-14-17-20-33(45)21-18-15-12-13-16-19-22-35(42(50,27-28-44)40(49)54-41(3,4)5)38(47)43-36(39(48)53-31-37(46)51-6)30-32-23-25-34(26-24-32)52-29-10-8-2/h19,22-26,35-36,44,50H,7,9,11-18,20-21,27-31H2,1-6H3,(H,43,47)/b22-19+/t35-,36+,42+/m1/s1. The van der Waals surface area contributed by atoms with Crippen LogP contribution in [0.15, 0.2) is 36.4 Å². The van der Waals surface area contributed by atoms with Crippen molar-refractivity contribution in [3.63, 3.8) is 0 Å². The highest BCUT2D eigenvalue weighted by molar-refractivity contribution is 5.93. The van der Waals surface area contributed by atoms with Gasteiger partial charge in [-0.25, -0.2) is 14.4 Å². The third kappa shape index (κ3) is 19.7. The fraction of sp³-hybridized carbons (Fsp3) is 0.643. The normalized spacial score (nSPS) is 13.5. The van der Waals surface area contributed by atoms with E-state index in [2.05, 4.69) is 28.8 Å². The molecule has 0 spiro atoms. The molecule has 0 aliphatic carbocycles. The molecule has 0 heterocycles. The van der Waals surface area contributed by atoms with Crippen LogP contribution in [0.4, 0.5) is 0 Å². The molecule has 0 aromatic heterocycles. The molecular formula is C42H63NO11. The van der Waals surface area contributed by atoms with E-state index in [0.717, 1.165) is 45.6 Å². The Kier molecular flexibility index (Phi) is 23.5. The number of allylic oxidation sites excluding steroid dienone is 1. The first kappa shape index (κ1) is 47.8. The number of benzene rings is 1. The number of ether oxygens (including phenoxy) is 4. The number of nitrogens with one attached hydrogen (secondary N) is 1. The van der Waals surface area contributed by atoms with Gasteiger partial charge in [-0.3, -0.25) is 9.59 Å². The SMILES string of the molecule is CC#CCOc1ccc(C[C@H](NC(=O)[C@@H](/C=C/CCCCCCC(=O)CCCCCCC)[C@@](O)(CCO)C(=O)OC(C)(C)C)C(=O)OCC(=O)OC)cc1. The number of carbonyl (C=O) groups is 5. The van der Waals surface area contributed by atoms with Crippen molar-refractivity contribution in [2.45, 2.75) is 142 Å². The number of Topliss-reactive ketones (excluding diaryl/α,β-unsaturated/α-hetero) is 1. The second-order valence-electron chi connectivity index (χ2n) is 14.3. The van der Waals surface area contributed by atoms with Crippen molar-refractivity contribution in [1.29, 1.82) is 0 Å². The molecule has 0 radical (unpaired) electrons. The minimum atomic E-state index is -2.50. The number of methoxy groups -OCH3 is 1. The lowest BCUT2D eigenvalue weighted by molar-refractivity contribution is -0.185. The lowest BCUT2D eigenvalue weighted by Crippen LogP contribution is -2.56. The van der Waals surface area contributed by atoms with E-state index in [0.29, 0.717) is 36.4 Å². The molecule has 1 rings (SSSR count). The van der Waals surface area contributed by atoms with E-state index in [1.165, 1.54) is 25.3 Å². The summed E-state index contributed by atoms with van der Waals surface area (Å²) in [5.74, 6) is 1.01. The van der Waals surface area contributed by atoms with Crippen molar-refractivity contribution in [1.82, 2.24) is 5.32 Å². The second kappa shape index (κ2) is 26.5. The van der Waals surface area contributed by atoms with Crippen LogP contribution >= 0.6 is 0 Å². The topological polar surface area (TPSA) is 175 Å². The second-order valence-corrected chi connectivity index (χ2v) is 14.3. The van der Waals surface area contributed by atoms with Crippen LogP contribution in [0.25, 0.3) is 0 Å². The summed E-state index contributed by atoms with van der Waals surface area (Å²) in [6.07, 6.45) is 12.9. The number of aliphatic hydroxyl groups is 2. The third-order valence-electron chi connectivity index (χ3n) is 8.52. The number of ketones is 1. The van der Waals surface area contributed by atoms with Crippen molar-refractivity contribution in [3.8, 4) is 17.6 Å². The van der Waals surface area contributed by atoms with Crippen LogP contribution in [0, 0.1) is 17.8 Å². The minimum Gasteiger partial charge on any atom is -0.481 e. The van der Waals surface area contributed by atoms with Gasteiger partial charge in [0.25, 0.3) is 0 Å². The van der Waals surface area contributed by atoms with Crippen LogP contribution in [0.5, 0.6) is 5.75 Å². The molecular weight excluding hydrogens is 694 g/mol. The number of esters is 3. The lowest BCUT2D eigenvalue weighted by Gasteiger charge is -2.34. The number of unbranched alkanes of at least 4 members (excludes halogenated alkanes) is 8. The Balaban J connectivity index is 3.18. The van der Waals surface area contributed by atoms with Gasteiger partial charge in [0, 0.05) is 32.3 Å². The molecule has 12 nitrogen and oxygen atoms in total. The third-order valence-corrected chi connectivity index (χ3v) is 8.52. The summed E-state index contributed by atoms with van der Waals surface area (Å²) in [7, 11) is 1.14. The van der Waals surface area contributed by atoms with Crippen LogP contribution < -0.4 is 10.1 Å². The van der Waals surface area contributed by atoms with Gasteiger partial charge in [-0.05, 0) is 71.1 Å². The summed E-state index contributed by atoms with van der Waals surface area (Å²) in [5, 5.41) is 24.3. The summed E-state index contributed by atoms with van der Waals surface area (Å²) in [6.45, 7) is 7.53. The molecule has 0 saturated carbocycles. The van der Waals surface area contributed by atoms with Crippen LogP contribution in [0.3, 0.4) is 0 Å². The van der Waals surface area contributed by atoms with E-state index in [1.807, 2.05) is 0 Å². The van der Waals surface area contributed by atoms with Gasteiger partial charge < -0.3 is 34.5 Å². The van der Waals surface area contributed by atoms with Crippen molar-refractivity contribution in [2.75, 3.05) is 26.9 Å². The van der Waals surface area contributed by atoms with Gasteiger partial charge >= 0.3 is 17.9 Å². The highest BCUT2D eigenvalue weighted by atomic mass is 16.6. The Bertz CT molecular complexity index is 1390. The molecule has 0 bridgehead atoms. The van der Waals surface area contributed by atoms with E-state index in [4.69, 9.17) is 14.2 Å². The molecule has 3 N–H and O–H groups in total. The van der Waals surface area contributed by atoms with Gasteiger partial charge in [-0.1, -0.05) is 75.7 Å². The van der Waals surface area contributed by atoms with Crippen LogP contribution in [0.1, 0.15) is 124 Å². The zero-order valence-electron chi connectivity index (χ0n) is 33.2. The van der Waals surface area contributed by atoms with E-state index in [9.17, 15) is 34.2 Å². The predicted molar refractivity (Wildman–Crippen MR) is 205 cm³/mol. The van der Waals surface area contributed by atoms with Gasteiger partial charge in [0.1, 0.15) is 29.8 Å². The Labute approximate surface area is 321 Å². The molecule has 54 heavy (non-hydrogen) atoms. The molecule has 0 aliphatic heterocycles. The highest BCUT2D eigenvalue weighted by Crippen LogP contribution is 2.29. The summed E-state index contributed by atoms with van der Waals surface area (Å²) < 4.78 is 20.7. The largest absolute Gasteiger partial charge is 0.481 e. The number of aliphatic hydroxyl groups excluding tert-OH is 1. The molecule has 0 aliphatic rings. The average molecular weight is 758 g/mol. The van der Waals surface area contributed by atoms with Gasteiger partial charge in [-0.15, -0.1) is 5.92 Å².